The molecule has 0 aliphatic carbocycles. The zero-order chi connectivity index (χ0) is 32.5. The van der Waals surface area contributed by atoms with Crippen LogP contribution in [0.5, 0.6) is 11.5 Å². The molecule has 5 aromatic rings. The van der Waals surface area contributed by atoms with Gasteiger partial charge in [-0.05, 0) is 65.6 Å². The van der Waals surface area contributed by atoms with Crippen molar-refractivity contribution in [3.05, 3.63) is 136 Å². The molecule has 2 aliphatic heterocycles. The number of Topliss-reactive ketones (excluding diaryl/α,β-unsaturated/α-hetero) is 1. The van der Waals surface area contributed by atoms with Gasteiger partial charge in [-0.25, -0.2) is 4.39 Å². The highest BCUT2D eigenvalue weighted by molar-refractivity contribution is 8.00. The minimum Gasteiger partial charge on any atom is -0.507 e. The summed E-state index contributed by atoms with van der Waals surface area (Å²) in [4.78, 5) is 28.8. The first-order valence-corrected chi connectivity index (χ1v) is 16.7. The molecule has 0 radical (unpaired) electrons. The molecule has 11 heteroatoms. The number of ketones is 1. The number of anilines is 1. The Morgan fingerprint density at radius 1 is 1.02 bits per heavy atom. The number of aromatic nitrogens is 2. The van der Waals surface area contributed by atoms with Crippen molar-refractivity contribution >= 4 is 45.7 Å². The van der Waals surface area contributed by atoms with Gasteiger partial charge in [-0.3, -0.25) is 14.5 Å². The van der Waals surface area contributed by atoms with Gasteiger partial charge in [-0.15, -0.1) is 10.2 Å². The Morgan fingerprint density at radius 3 is 2.66 bits per heavy atom. The van der Waals surface area contributed by atoms with Crippen molar-refractivity contribution in [3.63, 3.8) is 0 Å². The molecule has 0 bridgehead atoms. The zero-order valence-electron chi connectivity index (χ0n) is 25.1. The normalized spacial score (nSPS) is 18.3. The van der Waals surface area contributed by atoms with E-state index in [0.29, 0.717) is 45.6 Å². The summed E-state index contributed by atoms with van der Waals surface area (Å²) < 4.78 is 26.6. The Balaban J connectivity index is 1.26. The van der Waals surface area contributed by atoms with E-state index < -0.39 is 17.7 Å². The number of carbonyl (C=O) groups is 2. The van der Waals surface area contributed by atoms with E-state index in [-0.39, 0.29) is 28.4 Å². The molecule has 7 rings (SSSR count). The number of halogens is 1. The van der Waals surface area contributed by atoms with E-state index in [1.54, 1.807) is 60.7 Å². The molecule has 4 aromatic carbocycles. The van der Waals surface area contributed by atoms with Gasteiger partial charge in [0, 0.05) is 17.7 Å². The van der Waals surface area contributed by atoms with E-state index in [4.69, 9.17) is 9.47 Å². The van der Waals surface area contributed by atoms with Gasteiger partial charge in [0.15, 0.2) is 4.34 Å². The van der Waals surface area contributed by atoms with Crippen molar-refractivity contribution in [2.24, 2.45) is 0 Å². The Hall–Kier alpha value is -5.00. The Bertz CT molecular complexity index is 2010. The van der Waals surface area contributed by atoms with Crippen LogP contribution in [0.4, 0.5) is 9.52 Å². The maximum atomic E-state index is 14.2. The number of aliphatic hydroxyl groups excluding tert-OH is 1. The number of fused-ring (bicyclic) bond motifs is 1. The predicted molar refractivity (Wildman–Crippen MR) is 178 cm³/mol. The quantitative estimate of drug-likeness (QED) is 0.0568. The van der Waals surface area contributed by atoms with Crippen LogP contribution in [0.15, 0.2) is 107 Å². The van der Waals surface area contributed by atoms with Crippen molar-refractivity contribution in [2.45, 2.75) is 42.2 Å². The van der Waals surface area contributed by atoms with Crippen LogP contribution in [-0.2, 0) is 28.4 Å². The lowest BCUT2D eigenvalue weighted by Crippen LogP contribution is -2.29. The molecule has 2 aliphatic rings. The number of rotatable bonds is 9. The number of thioether (sulfide) groups is 1. The third-order valence-corrected chi connectivity index (χ3v) is 10.1. The highest BCUT2D eigenvalue weighted by atomic mass is 32.2. The molecular formula is C36H28FN3O5S2. The van der Waals surface area contributed by atoms with E-state index in [0.717, 1.165) is 28.2 Å². The minimum absolute atomic E-state index is 0.00514. The van der Waals surface area contributed by atoms with E-state index in [9.17, 15) is 19.1 Å². The standard InChI is InChI=1S/C36H28FN3O5S2/c1-21-16-26-17-24(14-15-29(26)45-21)32(41)30-31(23-11-7-12-27(18-23)44-19-22-8-3-2-4-9-22)40(34(43)33(30)42)35-38-39-36(47-35)46-20-25-10-5-6-13-28(25)37/h2-15,17-18,21,31,41H,16,19-20H2,1H3/t21-,31-/m0/s1. The monoisotopic (exact) mass is 665 g/mol. The van der Waals surface area contributed by atoms with Crippen LogP contribution in [0.25, 0.3) is 5.76 Å². The van der Waals surface area contributed by atoms with Gasteiger partial charge in [-0.2, -0.15) is 0 Å². The van der Waals surface area contributed by atoms with Gasteiger partial charge in [0.25, 0.3) is 5.78 Å². The summed E-state index contributed by atoms with van der Waals surface area (Å²) >= 11 is 2.39. The van der Waals surface area contributed by atoms with Gasteiger partial charge >= 0.3 is 5.91 Å². The second-order valence-electron chi connectivity index (χ2n) is 11.2. The number of ether oxygens (including phenoxy) is 2. The molecule has 1 amide bonds. The van der Waals surface area contributed by atoms with Gasteiger partial charge in [-0.1, -0.05) is 83.8 Å². The van der Waals surface area contributed by atoms with Gasteiger partial charge in [0.05, 0.1) is 11.6 Å². The lowest BCUT2D eigenvalue weighted by atomic mass is 9.94. The molecule has 0 spiro atoms. The van der Waals surface area contributed by atoms with Crippen molar-refractivity contribution in [2.75, 3.05) is 4.90 Å². The third kappa shape index (κ3) is 6.24. The summed E-state index contributed by atoms with van der Waals surface area (Å²) in [6.45, 7) is 2.28. The van der Waals surface area contributed by atoms with E-state index in [1.165, 1.54) is 22.7 Å². The second-order valence-corrected chi connectivity index (χ2v) is 13.4. The summed E-state index contributed by atoms with van der Waals surface area (Å²) in [7, 11) is 0. The fourth-order valence-electron chi connectivity index (χ4n) is 5.70. The Labute approximate surface area is 278 Å². The van der Waals surface area contributed by atoms with Crippen molar-refractivity contribution in [1.82, 2.24) is 10.2 Å². The largest absolute Gasteiger partial charge is 0.507 e. The van der Waals surface area contributed by atoms with Crippen LogP contribution in [0, 0.1) is 5.82 Å². The van der Waals surface area contributed by atoms with Gasteiger partial charge < -0.3 is 14.6 Å². The average Bonchev–Trinajstić information content (AvgIpc) is 3.78. The maximum Gasteiger partial charge on any atom is 0.301 e. The smallest absolute Gasteiger partial charge is 0.301 e. The fraction of sp³-hybridized carbons (Fsp3) is 0.167. The van der Waals surface area contributed by atoms with E-state index in [1.807, 2.05) is 37.3 Å². The van der Waals surface area contributed by atoms with Gasteiger partial charge in [0.1, 0.15) is 35.8 Å². The highest BCUT2D eigenvalue weighted by Gasteiger charge is 2.48. The Morgan fingerprint density at radius 2 is 1.83 bits per heavy atom. The number of carbonyl (C=O) groups excluding carboxylic acids is 2. The molecule has 8 nitrogen and oxygen atoms in total. The van der Waals surface area contributed by atoms with Crippen molar-refractivity contribution < 1.29 is 28.6 Å². The molecule has 3 heterocycles. The zero-order valence-corrected chi connectivity index (χ0v) is 26.8. The predicted octanol–water partition coefficient (Wildman–Crippen LogP) is 7.50. The lowest BCUT2D eigenvalue weighted by Gasteiger charge is -2.23. The van der Waals surface area contributed by atoms with Gasteiger partial charge in [0.2, 0.25) is 5.13 Å². The molecule has 1 saturated heterocycles. The maximum absolute atomic E-state index is 14.2. The number of hydrogen-bond acceptors (Lipinski definition) is 9. The molecule has 236 valence electrons. The first-order valence-electron chi connectivity index (χ1n) is 14.9. The summed E-state index contributed by atoms with van der Waals surface area (Å²) in [6, 6.07) is 27.5. The third-order valence-electron chi connectivity index (χ3n) is 7.95. The van der Waals surface area contributed by atoms with Crippen molar-refractivity contribution in [3.8, 4) is 11.5 Å². The Kier molecular flexibility index (Phi) is 8.48. The molecule has 0 unspecified atom stereocenters. The number of nitrogens with zero attached hydrogens (tertiary/aromatic N) is 3. The molecular weight excluding hydrogens is 638 g/mol. The molecule has 1 aromatic heterocycles. The topological polar surface area (TPSA) is 102 Å². The second kappa shape index (κ2) is 13.0. The summed E-state index contributed by atoms with van der Waals surface area (Å²) in [5.74, 6) is -0.742. The average molecular weight is 666 g/mol. The summed E-state index contributed by atoms with van der Waals surface area (Å²) in [5, 5.41) is 20.4. The summed E-state index contributed by atoms with van der Waals surface area (Å²) in [5.41, 5.74) is 3.27. The van der Waals surface area contributed by atoms with Crippen LogP contribution in [-0.4, -0.2) is 33.1 Å². The van der Waals surface area contributed by atoms with E-state index >= 15 is 0 Å². The highest BCUT2D eigenvalue weighted by Crippen LogP contribution is 2.45. The van der Waals surface area contributed by atoms with Crippen molar-refractivity contribution in [1.29, 1.82) is 0 Å². The van der Waals surface area contributed by atoms with E-state index in [2.05, 4.69) is 10.2 Å². The van der Waals surface area contributed by atoms with Crippen LogP contribution in [0.2, 0.25) is 0 Å². The molecule has 2 atom stereocenters. The lowest BCUT2D eigenvalue weighted by molar-refractivity contribution is -0.132. The first-order chi connectivity index (χ1) is 22.9. The first kappa shape index (κ1) is 30.6. The van der Waals surface area contributed by atoms with Crippen LogP contribution >= 0.6 is 23.1 Å². The summed E-state index contributed by atoms with van der Waals surface area (Å²) in [6.07, 6.45) is 0.655. The molecule has 1 N–H and O–H groups in total. The SMILES string of the molecule is C[C@H]1Cc2cc(C(O)=C3C(=O)C(=O)N(c4nnc(SCc5ccccc5F)s4)[C@H]3c3cccc(OCc4ccccc4)c3)ccc2O1. The molecule has 47 heavy (non-hydrogen) atoms. The molecule has 0 saturated carbocycles. The number of amides is 1. The number of aliphatic hydroxyl groups is 1. The van der Waals surface area contributed by atoms with Crippen LogP contribution in [0.3, 0.4) is 0 Å². The number of hydrogen-bond donors (Lipinski definition) is 1. The molecule has 1 fully saturated rings. The van der Waals surface area contributed by atoms with Crippen LogP contribution in [0.1, 0.15) is 40.8 Å². The van der Waals surface area contributed by atoms with Crippen LogP contribution < -0.4 is 14.4 Å². The fourth-order valence-corrected chi connectivity index (χ4v) is 7.55. The minimum atomic E-state index is -1.02. The number of benzene rings is 4.